The average molecular weight is 230 g/mol. The minimum Gasteiger partial charge on any atom is -0.481 e. The van der Waals surface area contributed by atoms with Gasteiger partial charge in [0.05, 0.1) is 12.1 Å². The van der Waals surface area contributed by atoms with E-state index in [1.54, 1.807) is 24.3 Å². The van der Waals surface area contributed by atoms with Crippen molar-refractivity contribution in [1.29, 1.82) is 0 Å². The Bertz CT molecular complexity index is 560. The molecular weight excluding hydrogens is 220 g/mol. The number of nitrogens with zero attached hydrogens (tertiary/aromatic N) is 1. The molecule has 2 N–H and O–H groups in total. The normalized spacial score (nSPS) is 10.1. The maximum atomic E-state index is 10.8. The van der Waals surface area contributed by atoms with Crippen molar-refractivity contribution >= 4 is 12.3 Å². The van der Waals surface area contributed by atoms with Gasteiger partial charge in [0, 0.05) is 17.3 Å². The van der Waals surface area contributed by atoms with Gasteiger partial charge in [0.2, 0.25) is 0 Å². The molecule has 86 valence electrons. The molecule has 0 fully saturated rings. The van der Waals surface area contributed by atoms with Crippen LogP contribution in [0.25, 0.3) is 11.4 Å². The summed E-state index contributed by atoms with van der Waals surface area (Å²) in [7, 11) is 0. The van der Waals surface area contributed by atoms with Gasteiger partial charge in [-0.1, -0.05) is 24.3 Å². The van der Waals surface area contributed by atoms with Gasteiger partial charge >= 0.3 is 5.97 Å². The summed E-state index contributed by atoms with van der Waals surface area (Å²) in [5.41, 5.74) is 1.62. The van der Waals surface area contributed by atoms with E-state index in [1.165, 1.54) is 6.20 Å². The standard InChI is InChI=1S/C12H10N2O3/c15-7-8-3-1-2-4-10(8)12-13-6-9(14-12)5-11(16)17/h1-4,6-7H,5H2,(H,13,14)(H,16,17). The number of carboxylic acid groups (broad SMARTS) is 1. The molecule has 5 heteroatoms. The average Bonchev–Trinajstić information content (AvgIpc) is 2.76. The molecule has 0 radical (unpaired) electrons. The predicted molar refractivity (Wildman–Crippen MR) is 60.8 cm³/mol. The number of H-pyrrole nitrogens is 1. The SMILES string of the molecule is O=Cc1ccccc1-c1nc(CC(=O)O)c[nH]1. The zero-order valence-corrected chi connectivity index (χ0v) is 8.88. The number of hydrogen-bond acceptors (Lipinski definition) is 3. The summed E-state index contributed by atoms with van der Waals surface area (Å²) in [6, 6.07) is 6.99. The third-order valence-electron chi connectivity index (χ3n) is 2.31. The fraction of sp³-hybridized carbons (Fsp3) is 0.0833. The van der Waals surface area contributed by atoms with Crippen LogP contribution in [-0.2, 0) is 11.2 Å². The highest BCUT2D eigenvalue weighted by Crippen LogP contribution is 2.19. The Kier molecular flexibility index (Phi) is 3.00. The Balaban J connectivity index is 2.36. The molecule has 5 nitrogen and oxygen atoms in total. The smallest absolute Gasteiger partial charge is 0.309 e. The fourth-order valence-corrected chi connectivity index (χ4v) is 1.56. The summed E-state index contributed by atoms with van der Waals surface area (Å²) < 4.78 is 0. The number of carbonyl (C=O) groups is 2. The number of carboxylic acids is 1. The third kappa shape index (κ3) is 2.39. The largest absolute Gasteiger partial charge is 0.481 e. The van der Waals surface area contributed by atoms with Crippen LogP contribution in [0.3, 0.4) is 0 Å². The van der Waals surface area contributed by atoms with Crippen molar-refractivity contribution in [2.75, 3.05) is 0 Å². The number of aromatic nitrogens is 2. The van der Waals surface area contributed by atoms with Gasteiger partial charge in [0.25, 0.3) is 0 Å². The van der Waals surface area contributed by atoms with Crippen LogP contribution >= 0.6 is 0 Å². The van der Waals surface area contributed by atoms with Crippen molar-refractivity contribution in [1.82, 2.24) is 9.97 Å². The number of imidazole rings is 1. The number of benzene rings is 1. The minimum atomic E-state index is -0.938. The lowest BCUT2D eigenvalue weighted by Crippen LogP contribution is -2.00. The lowest BCUT2D eigenvalue weighted by molar-refractivity contribution is -0.136. The van der Waals surface area contributed by atoms with E-state index in [-0.39, 0.29) is 6.42 Å². The molecule has 0 aliphatic carbocycles. The summed E-state index contributed by atoms with van der Waals surface area (Å²) in [5, 5.41) is 8.64. The quantitative estimate of drug-likeness (QED) is 0.780. The van der Waals surface area contributed by atoms with E-state index < -0.39 is 5.97 Å². The molecule has 0 unspecified atom stereocenters. The minimum absolute atomic E-state index is 0.139. The van der Waals surface area contributed by atoms with Gasteiger partial charge < -0.3 is 10.1 Å². The van der Waals surface area contributed by atoms with Gasteiger partial charge in [0.15, 0.2) is 6.29 Å². The number of carbonyl (C=O) groups excluding carboxylic acids is 1. The van der Waals surface area contributed by atoms with Gasteiger partial charge in [0.1, 0.15) is 5.82 Å². The summed E-state index contributed by atoms with van der Waals surface area (Å²) in [6.07, 6.45) is 2.14. The highest BCUT2D eigenvalue weighted by molar-refractivity contribution is 5.85. The first-order valence-corrected chi connectivity index (χ1v) is 5.01. The van der Waals surface area contributed by atoms with Crippen molar-refractivity contribution in [2.45, 2.75) is 6.42 Å². The van der Waals surface area contributed by atoms with Gasteiger partial charge in [-0.3, -0.25) is 9.59 Å². The van der Waals surface area contributed by atoms with E-state index in [4.69, 9.17) is 5.11 Å². The number of aromatic amines is 1. The Morgan fingerprint density at radius 1 is 1.41 bits per heavy atom. The Labute approximate surface area is 97.1 Å². The Morgan fingerprint density at radius 2 is 2.18 bits per heavy atom. The molecule has 1 heterocycles. The number of nitrogens with one attached hydrogen (secondary N) is 1. The van der Waals surface area contributed by atoms with E-state index in [0.29, 0.717) is 22.6 Å². The van der Waals surface area contributed by atoms with E-state index in [1.807, 2.05) is 0 Å². The summed E-state index contributed by atoms with van der Waals surface area (Å²) >= 11 is 0. The van der Waals surface area contributed by atoms with Crippen LogP contribution in [0.15, 0.2) is 30.5 Å². The predicted octanol–water partition coefficient (Wildman–Crippen LogP) is 1.52. The Morgan fingerprint density at radius 3 is 2.88 bits per heavy atom. The molecule has 0 aliphatic heterocycles. The third-order valence-corrected chi connectivity index (χ3v) is 2.31. The number of aldehydes is 1. The first kappa shape index (κ1) is 11.1. The lowest BCUT2D eigenvalue weighted by Gasteiger charge is -1.99. The summed E-state index contributed by atoms with van der Waals surface area (Å²) in [5.74, 6) is -0.435. The molecule has 0 bridgehead atoms. The molecule has 1 aromatic heterocycles. The number of aliphatic carboxylic acids is 1. The van der Waals surface area contributed by atoms with Gasteiger partial charge in [-0.05, 0) is 0 Å². The number of hydrogen-bond donors (Lipinski definition) is 2. The van der Waals surface area contributed by atoms with Crippen molar-refractivity contribution in [3.8, 4) is 11.4 Å². The zero-order chi connectivity index (χ0) is 12.3. The van der Waals surface area contributed by atoms with Crippen molar-refractivity contribution < 1.29 is 14.7 Å². The maximum Gasteiger partial charge on any atom is 0.309 e. The topological polar surface area (TPSA) is 83.1 Å². The van der Waals surface area contributed by atoms with Crippen LogP contribution in [-0.4, -0.2) is 27.3 Å². The van der Waals surface area contributed by atoms with Crippen LogP contribution in [0.2, 0.25) is 0 Å². The second kappa shape index (κ2) is 4.61. The summed E-state index contributed by atoms with van der Waals surface area (Å²) in [6.45, 7) is 0. The fourth-order valence-electron chi connectivity index (χ4n) is 1.56. The van der Waals surface area contributed by atoms with Crippen molar-refractivity contribution in [3.63, 3.8) is 0 Å². The monoisotopic (exact) mass is 230 g/mol. The molecule has 0 saturated heterocycles. The molecule has 0 atom stereocenters. The summed E-state index contributed by atoms with van der Waals surface area (Å²) in [4.78, 5) is 28.4. The second-order valence-electron chi connectivity index (χ2n) is 3.52. The second-order valence-corrected chi connectivity index (χ2v) is 3.52. The highest BCUT2D eigenvalue weighted by Gasteiger charge is 2.09. The van der Waals surface area contributed by atoms with Crippen molar-refractivity contribution in [3.05, 3.63) is 41.7 Å². The molecular formula is C12H10N2O3. The first-order chi connectivity index (χ1) is 8.20. The van der Waals surface area contributed by atoms with Gasteiger partial charge in [-0.2, -0.15) is 0 Å². The van der Waals surface area contributed by atoms with E-state index >= 15 is 0 Å². The van der Waals surface area contributed by atoms with Crippen LogP contribution in [0.5, 0.6) is 0 Å². The van der Waals surface area contributed by atoms with Gasteiger partial charge in [-0.25, -0.2) is 4.98 Å². The zero-order valence-electron chi connectivity index (χ0n) is 8.88. The molecule has 17 heavy (non-hydrogen) atoms. The first-order valence-electron chi connectivity index (χ1n) is 5.01. The molecule has 2 rings (SSSR count). The molecule has 0 aliphatic rings. The Hall–Kier alpha value is -2.43. The van der Waals surface area contributed by atoms with Crippen LogP contribution < -0.4 is 0 Å². The maximum absolute atomic E-state index is 10.8. The molecule has 1 aromatic carbocycles. The molecule has 0 spiro atoms. The molecule has 2 aromatic rings. The lowest BCUT2D eigenvalue weighted by atomic mass is 10.1. The molecule has 0 amide bonds. The number of rotatable bonds is 4. The van der Waals surface area contributed by atoms with E-state index in [0.717, 1.165) is 6.29 Å². The van der Waals surface area contributed by atoms with Gasteiger partial charge in [-0.15, -0.1) is 0 Å². The van der Waals surface area contributed by atoms with Crippen molar-refractivity contribution in [2.24, 2.45) is 0 Å². The van der Waals surface area contributed by atoms with Crippen LogP contribution in [0, 0.1) is 0 Å². The van der Waals surface area contributed by atoms with Crippen LogP contribution in [0.1, 0.15) is 16.1 Å². The van der Waals surface area contributed by atoms with E-state index in [2.05, 4.69) is 9.97 Å². The molecule has 0 saturated carbocycles. The van der Waals surface area contributed by atoms with Crippen LogP contribution in [0.4, 0.5) is 0 Å². The van der Waals surface area contributed by atoms with E-state index in [9.17, 15) is 9.59 Å². The highest BCUT2D eigenvalue weighted by atomic mass is 16.4.